The average molecular weight is 550 g/mol. The number of hydrogen-bond donors (Lipinski definition) is 2. The number of hydrogen-bond acceptors (Lipinski definition) is 7. The Labute approximate surface area is 220 Å². The molecule has 1 saturated heterocycles. The first-order valence-electron chi connectivity index (χ1n) is 12.5. The number of aliphatic hydroxyl groups is 1. The van der Waals surface area contributed by atoms with Gasteiger partial charge >= 0.3 is 5.97 Å². The van der Waals surface area contributed by atoms with Crippen LogP contribution in [0.5, 0.6) is 5.75 Å². The molecule has 0 amide bonds. The van der Waals surface area contributed by atoms with Gasteiger partial charge in [0.25, 0.3) is 0 Å². The molecule has 12 heteroatoms. The lowest BCUT2D eigenvalue weighted by atomic mass is 10.1. The second-order valence-corrected chi connectivity index (χ2v) is 11.4. The number of halogens is 1. The molecular weight excluding hydrogens is 517 g/mol. The van der Waals surface area contributed by atoms with Gasteiger partial charge in [0.15, 0.2) is 0 Å². The molecule has 1 aromatic heterocycles. The predicted molar refractivity (Wildman–Crippen MR) is 137 cm³/mol. The fourth-order valence-corrected chi connectivity index (χ4v) is 6.36. The number of fused-ring (bicyclic) bond motifs is 1. The van der Waals surface area contributed by atoms with Gasteiger partial charge in [-0.1, -0.05) is 0 Å². The number of nitrogens with zero attached hydrogens (tertiary/aromatic N) is 3. The molecule has 0 radical (unpaired) electrons. The smallest absolute Gasteiger partial charge is 0.309 e. The maximum atomic E-state index is 14.2. The molecule has 38 heavy (non-hydrogen) atoms. The highest BCUT2D eigenvalue weighted by Gasteiger charge is 2.42. The molecule has 2 N–H and O–H groups in total. The summed E-state index contributed by atoms with van der Waals surface area (Å²) in [7, 11) is -3.95. The summed E-state index contributed by atoms with van der Waals surface area (Å²) < 4.78 is 55.8. The van der Waals surface area contributed by atoms with Gasteiger partial charge in [-0.15, -0.1) is 0 Å². The van der Waals surface area contributed by atoms with Gasteiger partial charge in [-0.2, -0.15) is 9.40 Å². The molecule has 0 saturated carbocycles. The Morgan fingerprint density at radius 3 is 2.61 bits per heavy atom. The highest BCUT2D eigenvalue weighted by Crippen LogP contribution is 2.35. The number of sulfonamides is 1. The Morgan fingerprint density at radius 1 is 1.21 bits per heavy atom. The molecule has 3 aromatic rings. The van der Waals surface area contributed by atoms with Crippen LogP contribution in [0.4, 0.5) is 4.39 Å². The Balaban J connectivity index is 1.67. The summed E-state index contributed by atoms with van der Waals surface area (Å²) >= 11 is 0. The maximum Gasteiger partial charge on any atom is 0.309 e. The fourth-order valence-electron chi connectivity index (χ4n) is 4.70. The average Bonchev–Trinajstić information content (AvgIpc) is 3.43. The number of benzene rings is 2. The van der Waals surface area contributed by atoms with Gasteiger partial charge in [-0.05, 0) is 69.2 Å². The van der Waals surface area contributed by atoms with Crippen LogP contribution in [0, 0.1) is 5.82 Å². The topological polar surface area (TPSA) is 131 Å². The van der Waals surface area contributed by atoms with E-state index in [0.717, 1.165) is 0 Å². The third-order valence-corrected chi connectivity index (χ3v) is 8.24. The van der Waals surface area contributed by atoms with Crippen molar-refractivity contribution in [3.63, 3.8) is 0 Å². The molecule has 2 atom stereocenters. The standard InChI is InChI=1S/C26H32FN3O7S/c1-17(2)37-21-5-7-22(8-6-21)38(34,35)29-15-19(13-20(29)16-36-11-3-10-31)30-25-12-18(27)4-9-23(25)24(28-30)14-26(32)33/h4-9,12,17,19-20,31H,3,10-11,13-16H2,1-2H3,(H,32,33)/t19-,20-/m1/s1. The van der Waals surface area contributed by atoms with E-state index in [1.54, 1.807) is 12.1 Å². The lowest BCUT2D eigenvalue weighted by Crippen LogP contribution is -2.38. The minimum absolute atomic E-state index is 0.0421. The third-order valence-electron chi connectivity index (χ3n) is 6.31. The van der Waals surface area contributed by atoms with E-state index in [0.29, 0.717) is 29.5 Å². The van der Waals surface area contributed by atoms with E-state index >= 15 is 0 Å². The van der Waals surface area contributed by atoms with Crippen LogP contribution >= 0.6 is 0 Å². The zero-order valence-electron chi connectivity index (χ0n) is 21.3. The zero-order valence-corrected chi connectivity index (χ0v) is 22.1. The zero-order chi connectivity index (χ0) is 27.4. The maximum absolute atomic E-state index is 14.2. The molecule has 0 unspecified atom stereocenters. The summed E-state index contributed by atoms with van der Waals surface area (Å²) in [5.74, 6) is -1.02. The molecule has 2 aromatic carbocycles. The Bertz CT molecular complexity index is 1380. The summed E-state index contributed by atoms with van der Waals surface area (Å²) in [5.41, 5.74) is 0.686. The van der Waals surface area contributed by atoms with Gasteiger partial charge in [0.1, 0.15) is 11.6 Å². The fraction of sp³-hybridized carbons (Fsp3) is 0.462. The van der Waals surface area contributed by atoms with Gasteiger partial charge in [-0.25, -0.2) is 12.8 Å². The molecule has 10 nitrogen and oxygen atoms in total. The number of aliphatic carboxylic acids is 1. The summed E-state index contributed by atoms with van der Waals surface area (Å²) in [4.78, 5) is 11.5. The van der Waals surface area contributed by atoms with Crippen LogP contribution < -0.4 is 4.74 Å². The molecule has 1 aliphatic heterocycles. The second kappa shape index (κ2) is 11.8. The van der Waals surface area contributed by atoms with Crippen LogP contribution in [0.3, 0.4) is 0 Å². The summed E-state index contributed by atoms with van der Waals surface area (Å²) in [5, 5.41) is 23.4. The van der Waals surface area contributed by atoms with Crippen molar-refractivity contribution < 1.29 is 37.3 Å². The van der Waals surface area contributed by atoms with Crippen LogP contribution in [-0.4, -0.2) is 77.2 Å². The van der Waals surface area contributed by atoms with Crippen molar-refractivity contribution in [2.24, 2.45) is 0 Å². The largest absolute Gasteiger partial charge is 0.491 e. The monoisotopic (exact) mass is 549 g/mol. The van der Waals surface area contributed by atoms with Crippen molar-refractivity contribution >= 4 is 26.9 Å². The van der Waals surface area contributed by atoms with Gasteiger partial charge in [0, 0.05) is 25.1 Å². The first-order chi connectivity index (χ1) is 18.1. The predicted octanol–water partition coefficient (Wildman–Crippen LogP) is 2.99. The van der Waals surface area contributed by atoms with Crippen molar-refractivity contribution in [1.29, 1.82) is 0 Å². The van der Waals surface area contributed by atoms with Crippen molar-refractivity contribution in [3.05, 3.63) is 54.0 Å². The second-order valence-electron chi connectivity index (χ2n) is 9.53. The third kappa shape index (κ3) is 6.15. The van der Waals surface area contributed by atoms with Crippen LogP contribution in [0.25, 0.3) is 10.9 Å². The molecule has 2 heterocycles. The Hall–Kier alpha value is -3.06. The number of rotatable bonds is 12. The van der Waals surface area contributed by atoms with E-state index in [9.17, 15) is 22.7 Å². The van der Waals surface area contributed by atoms with E-state index in [2.05, 4.69) is 5.10 Å². The van der Waals surface area contributed by atoms with E-state index in [1.165, 1.54) is 39.3 Å². The number of carbonyl (C=O) groups is 1. The van der Waals surface area contributed by atoms with Crippen LogP contribution in [-0.2, 0) is 26.0 Å². The number of carboxylic acid groups (broad SMARTS) is 1. The Kier molecular flexibility index (Phi) is 8.66. The lowest BCUT2D eigenvalue weighted by molar-refractivity contribution is -0.136. The summed E-state index contributed by atoms with van der Waals surface area (Å²) in [6, 6.07) is 9.19. The van der Waals surface area contributed by atoms with Gasteiger partial charge in [0.05, 0.1) is 47.3 Å². The molecule has 206 valence electrons. The highest BCUT2D eigenvalue weighted by atomic mass is 32.2. The molecule has 4 rings (SSSR count). The summed E-state index contributed by atoms with van der Waals surface area (Å²) in [6.45, 7) is 4.12. The van der Waals surface area contributed by atoms with Crippen LogP contribution in [0.15, 0.2) is 47.4 Å². The molecule has 0 bridgehead atoms. The van der Waals surface area contributed by atoms with E-state index in [-0.39, 0.29) is 49.5 Å². The summed E-state index contributed by atoms with van der Waals surface area (Å²) in [6.07, 6.45) is 0.341. The van der Waals surface area contributed by atoms with Crippen molar-refractivity contribution in [1.82, 2.24) is 14.1 Å². The molecular formula is C26H32FN3O7S. The lowest BCUT2D eigenvalue weighted by Gasteiger charge is -2.24. The van der Waals surface area contributed by atoms with Gasteiger partial charge in [0.2, 0.25) is 10.0 Å². The minimum Gasteiger partial charge on any atom is -0.491 e. The highest BCUT2D eigenvalue weighted by molar-refractivity contribution is 7.89. The number of aliphatic hydroxyl groups excluding tert-OH is 1. The van der Waals surface area contributed by atoms with E-state index in [4.69, 9.17) is 14.6 Å². The van der Waals surface area contributed by atoms with E-state index in [1.807, 2.05) is 13.8 Å². The van der Waals surface area contributed by atoms with Crippen molar-refractivity contribution in [2.75, 3.05) is 26.4 Å². The van der Waals surface area contributed by atoms with E-state index < -0.39 is 33.9 Å². The van der Waals surface area contributed by atoms with Crippen LogP contribution in [0.1, 0.15) is 38.4 Å². The molecule has 0 aliphatic carbocycles. The molecule has 1 fully saturated rings. The van der Waals surface area contributed by atoms with Gasteiger partial charge < -0.3 is 19.7 Å². The number of carboxylic acids is 1. The van der Waals surface area contributed by atoms with Crippen LogP contribution in [0.2, 0.25) is 0 Å². The molecule has 0 spiro atoms. The van der Waals surface area contributed by atoms with Crippen molar-refractivity contribution in [3.8, 4) is 5.75 Å². The normalized spacial score (nSPS) is 18.4. The SMILES string of the molecule is CC(C)Oc1ccc(S(=O)(=O)N2C[C@H](n3nc(CC(=O)O)c4ccc(F)cc43)C[C@@H]2COCCCO)cc1. The van der Waals surface area contributed by atoms with Gasteiger partial charge in [-0.3, -0.25) is 9.48 Å². The van der Waals surface area contributed by atoms with Crippen molar-refractivity contribution in [2.45, 2.75) is 56.2 Å². The first-order valence-corrected chi connectivity index (χ1v) is 13.9. The minimum atomic E-state index is -3.95. The first kappa shape index (κ1) is 28.0. The number of aromatic nitrogens is 2. The Morgan fingerprint density at radius 2 is 1.95 bits per heavy atom. The number of ether oxygens (including phenoxy) is 2. The molecule has 1 aliphatic rings. The quantitative estimate of drug-likeness (QED) is 0.330.